The molecule has 0 saturated heterocycles. The third kappa shape index (κ3) is 6.47. The standard InChI is InChI=1S/C26H30ClN3O2/c1-4-20(14-26(31)32)24-15-23(28-22-12-10-21(27)11-13-22)16-25(29-24)30(18(2)3)17-19-8-6-5-7-9-19/h5-13,15-16,18,20H,4,14,17H2,1-3H3,(H,28,29)(H,31,32). The van der Waals surface area contributed by atoms with E-state index in [9.17, 15) is 9.90 Å². The molecule has 168 valence electrons. The van der Waals surface area contributed by atoms with E-state index in [1.54, 1.807) is 0 Å². The van der Waals surface area contributed by atoms with Crippen molar-refractivity contribution in [1.82, 2.24) is 4.98 Å². The highest BCUT2D eigenvalue weighted by Crippen LogP contribution is 2.31. The summed E-state index contributed by atoms with van der Waals surface area (Å²) in [4.78, 5) is 18.6. The third-order valence-electron chi connectivity index (χ3n) is 5.41. The Morgan fingerprint density at radius 1 is 1.06 bits per heavy atom. The first kappa shape index (κ1) is 23.6. The summed E-state index contributed by atoms with van der Waals surface area (Å²) in [5, 5.41) is 13.5. The average molecular weight is 452 g/mol. The Morgan fingerprint density at radius 3 is 2.34 bits per heavy atom. The van der Waals surface area contributed by atoms with Crippen molar-refractivity contribution in [2.75, 3.05) is 10.2 Å². The zero-order valence-electron chi connectivity index (χ0n) is 18.8. The van der Waals surface area contributed by atoms with Crippen molar-refractivity contribution in [3.63, 3.8) is 0 Å². The molecule has 0 radical (unpaired) electrons. The minimum atomic E-state index is -0.818. The van der Waals surface area contributed by atoms with Crippen molar-refractivity contribution in [2.45, 2.75) is 52.1 Å². The molecule has 1 heterocycles. The van der Waals surface area contributed by atoms with Crippen LogP contribution in [0.25, 0.3) is 0 Å². The van der Waals surface area contributed by atoms with Gasteiger partial charge in [-0.1, -0.05) is 48.9 Å². The number of carbonyl (C=O) groups is 1. The molecule has 2 N–H and O–H groups in total. The first-order valence-corrected chi connectivity index (χ1v) is 11.3. The lowest BCUT2D eigenvalue weighted by atomic mass is 9.97. The second-order valence-electron chi connectivity index (χ2n) is 8.18. The van der Waals surface area contributed by atoms with Crippen LogP contribution in [0, 0.1) is 0 Å². The number of hydrogen-bond donors (Lipinski definition) is 2. The number of carboxylic acids is 1. The predicted octanol–water partition coefficient (Wildman–Crippen LogP) is 6.86. The number of aromatic nitrogens is 1. The van der Waals surface area contributed by atoms with E-state index < -0.39 is 5.97 Å². The van der Waals surface area contributed by atoms with Gasteiger partial charge in [-0.15, -0.1) is 0 Å². The second-order valence-corrected chi connectivity index (χ2v) is 8.62. The SMILES string of the molecule is CCC(CC(=O)O)c1cc(Nc2ccc(Cl)cc2)cc(N(Cc2ccccc2)C(C)C)n1. The lowest BCUT2D eigenvalue weighted by Gasteiger charge is -2.29. The number of aliphatic carboxylic acids is 1. The fourth-order valence-electron chi connectivity index (χ4n) is 3.64. The first-order valence-electron chi connectivity index (χ1n) is 10.9. The van der Waals surface area contributed by atoms with E-state index in [0.717, 1.165) is 22.9 Å². The van der Waals surface area contributed by atoms with Crippen molar-refractivity contribution in [1.29, 1.82) is 0 Å². The molecule has 0 aliphatic rings. The zero-order chi connectivity index (χ0) is 23.1. The van der Waals surface area contributed by atoms with Crippen molar-refractivity contribution in [3.8, 4) is 0 Å². The summed E-state index contributed by atoms with van der Waals surface area (Å²) in [6.45, 7) is 6.99. The summed E-state index contributed by atoms with van der Waals surface area (Å²) in [6, 6.07) is 22.0. The van der Waals surface area contributed by atoms with Crippen LogP contribution in [0.2, 0.25) is 5.02 Å². The van der Waals surface area contributed by atoms with E-state index in [-0.39, 0.29) is 18.4 Å². The second kappa shape index (κ2) is 11.0. The number of pyridine rings is 1. The summed E-state index contributed by atoms with van der Waals surface area (Å²) in [5.41, 5.74) is 3.75. The number of benzene rings is 2. The van der Waals surface area contributed by atoms with Gasteiger partial charge in [0.25, 0.3) is 0 Å². The van der Waals surface area contributed by atoms with Gasteiger partial charge in [0.15, 0.2) is 0 Å². The quantitative estimate of drug-likeness (QED) is 0.352. The molecule has 1 atom stereocenters. The van der Waals surface area contributed by atoms with Crippen LogP contribution in [0.4, 0.5) is 17.2 Å². The molecule has 32 heavy (non-hydrogen) atoms. The Labute approximate surface area is 195 Å². The van der Waals surface area contributed by atoms with Gasteiger partial charge in [0, 0.05) is 46.7 Å². The highest BCUT2D eigenvalue weighted by Gasteiger charge is 2.20. The summed E-state index contributed by atoms with van der Waals surface area (Å²) >= 11 is 6.03. The molecule has 6 heteroatoms. The van der Waals surface area contributed by atoms with Crippen LogP contribution < -0.4 is 10.2 Å². The molecule has 0 aliphatic carbocycles. The van der Waals surface area contributed by atoms with Gasteiger partial charge in [-0.25, -0.2) is 4.98 Å². The van der Waals surface area contributed by atoms with Gasteiger partial charge in [-0.2, -0.15) is 0 Å². The summed E-state index contributed by atoms with van der Waals surface area (Å²) < 4.78 is 0. The number of anilines is 3. The predicted molar refractivity (Wildman–Crippen MR) is 132 cm³/mol. The maximum Gasteiger partial charge on any atom is 0.304 e. The molecule has 3 aromatic rings. The molecule has 2 aromatic carbocycles. The van der Waals surface area contributed by atoms with Gasteiger partial charge in [0.1, 0.15) is 5.82 Å². The van der Waals surface area contributed by atoms with Crippen LogP contribution in [0.15, 0.2) is 66.7 Å². The smallest absolute Gasteiger partial charge is 0.304 e. The number of rotatable bonds is 10. The number of hydrogen-bond acceptors (Lipinski definition) is 4. The highest BCUT2D eigenvalue weighted by molar-refractivity contribution is 6.30. The highest BCUT2D eigenvalue weighted by atomic mass is 35.5. The molecule has 0 aliphatic heterocycles. The molecule has 0 amide bonds. The van der Waals surface area contributed by atoms with Gasteiger partial charge < -0.3 is 15.3 Å². The maximum atomic E-state index is 11.5. The van der Waals surface area contributed by atoms with Crippen molar-refractivity contribution in [2.24, 2.45) is 0 Å². The number of halogens is 1. The van der Waals surface area contributed by atoms with Crippen molar-refractivity contribution in [3.05, 3.63) is 83.0 Å². The third-order valence-corrected chi connectivity index (χ3v) is 5.66. The Morgan fingerprint density at radius 2 is 1.75 bits per heavy atom. The van der Waals surface area contributed by atoms with Crippen LogP contribution >= 0.6 is 11.6 Å². The van der Waals surface area contributed by atoms with E-state index in [2.05, 4.69) is 36.2 Å². The minimum absolute atomic E-state index is 0.0493. The van der Waals surface area contributed by atoms with Gasteiger partial charge in [0.05, 0.1) is 6.42 Å². The first-order chi connectivity index (χ1) is 15.4. The summed E-state index contributed by atoms with van der Waals surface area (Å²) in [7, 11) is 0. The van der Waals surface area contributed by atoms with Crippen LogP contribution in [-0.4, -0.2) is 22.1 Å². The van der Waals surface area contributed by atoms with Gasteiger partial charge in [-0.05, 0) is 56.2 Å². The van der Waals surface area contributed by atoms with Gasteiger partial charge in [-0.3, -0.25) is 4.79 Å². The van der Waals surface area contributed by atoms with Gasteiger partial charge in [0.2, 0.25) is 0 Å². The number of nitrogens with one attached hydrogen (secondary N) is 1. The molecular weight excluding hydrogens is 422 g/mol. The molecule has 0 fully saturated rings. The van der Waals surface area contributed by atoms with Crippen LogP contribution in [0.3, 0.4) is 0 Å². The lowest BCUT2D eigenvalue weighted by Crippen LogP contribution is -2.31. The Hall–Kier alpha value is -3.05. The fraction of sp³-hybridized carbons (Fsp3) is 0.308. The van der Waals surface area contributed by atoms with Crippen molar-refractivity contribution < 1.29 is 9.90 Å². The molecule has 3 rings (SSSR count). The average Bonchev–Trinajstić information content (AvgIpc) is 2.77. The molecule has 0 saturated carbocycles. The molecule has 1 aromatic heterocycles. The van der Waals surface area contributed by atoms with Crippen LogP contribution in [0.5, 0.6) is 0 Å². The maximum absolute atomic E-state index is 11.5. The molecule has 0 spiro atoms. The van der Waals surface area contributed by atoms with E-state index in [1.165, 1.54) is 5.56 Å². The molecular formula is C26H30ClN3O2. The molecule has 0 bridgehead atoms. The largest absolute Gasteiger partial charge is 0.481 e. The zero-order valence-corrected chi connectivity index (χ0v) is 19.5. The van der Waals surface area contributed by atoms with Gasteiger partial charge >= 0.3 is 5.97 Å². The van der Waals surface area contributed by atoms with E-state index in [0.29, 0.717) is 18.0 Å². The molecule has 1 unspecified atom stereocenters. The topological polar surface area (TPSA) is 65.5 Å². The Balaban J connectivity index is 2.02. The summed E-state index contributed by atoms with van der Waals surface area (Å²) in [5.74, 6) is -0.160. The van der Waals surface area contributed by atoms with Crippen molar-refractivity contribution >= 4 is 34.8 Å². The number of carboxylic acid groups (broad SMARTS) is 1. The lowest BCUT2D eigenvalue weighted by molar-refractivity contribution is -0.137. The van der Waals surface area contributed by atoms with E-state index in [1.807, 2.05) is 61.5 Å². The summed E-state index contributed by atoms with van der Waals surface area (Å²) in [6.07, 6.45) is 0.747. The monoisotopic (exact) mass is 451 g/mol. The minimum Gasteiger partial charge on any atom is -0.481 e. The van der Waals surface area contributed by atoms with E-state index in [4.69, 9.17) is 16.6 Å². The van der Waals surface area contributed by atoms with Crippen LogP contribution in [-0.2, 0) is 11.3 Å². The fourth-order valence-corrected chi connectivity index (χ4v) is 3.77. The molecule has 5 nitrogen and oxygen atoms in total. The van der Waals surface area contributed by atoms with Crippen LogP contribution in [0.1, 0.15) is 50.8 Å². The normalized spacial score (nSPS) is 11.9. The van der Waals surface area contributed by atoms with E-state index >= 15 is 0 Å². The Bertz CT molecular complexity index is 1020. The Kier molecular flexibility index (Phi) is 8.12. The number of nitrogens with zero attached hydrogens (tertiary/aromatic N) is 2.